The molecular formula is C20H24FN3O5S. The molecule has 8 nitrogen and oxygen atoms in total. The molecule has 2 aliphatic heterocycles. The first-order chi connectivity index (χ1) is 14.2. The van der Waals surface area contributed by atoms with Crippen LogP contribution in [-0.4, -0.2) is 60.5 Å². The van der Waals surface area contributed by atoms with Crippen LogP contribution in [0.25, 0.3) is 0 Å². The number of amides is 1. The molecule has 10 heteroatoms. The number of carbonyl (C=O) groups excluding carboxylic acids is 1. The Morgan fingerprint density at radius 1 is 1.23 bits per heavy atom. The number of aryl methyl sites for hydroxylation is 2. The van der Waals surface area contributed by atoms with Gasteiger partial charge in [0.1, 0.15) is 16.4 Å². The molecule has 1 aromatic heterocycles. The molecule has 0 radical (unpaired) electrons. The van der Waals surface area contributed by atoms with Gasteiger partial charge in [-0.05, 0) is 38.0 Å². The van der Waals surface area contributed by atoms with Crippen LogP contribution in [0.2, 0.25) is 0 Å². The molecule has 4 rings (SSSR count). The van der Waals surface area contributed by atoms with Gasteiger partial charge in [-0.25, -0.2) is 12.8 Å². The molecule has 1 spiro atoms. The summed E-state index contributed by atoms with van der Waals surface area (Å²) in [5.41, 5.74) is 0.287. The number of nitrogens with zero attached hydrogens (tertiary/aromatic N) is 3. The minimum absolute atomic E-state index is 0.0472. The molecule has 1 amide bonds. The van der Waals surface area contributed by atoms with Gasteiger partial charge in [0.2, 0.25) is 15.9 Å². The van der Waals surface area contributed by atoms with Crippen LogP contribution >= 0.6 is 0 Å². The molecule has 3 heterocycles. The predicted octanol–water partition coefficient (Wildman–Crippen LogP) is 2.01. The van der Waals surface area contributed by atoms with E-state index in [1.165, 1.54) is 16.4 Å². The molecule has 1 unspecified atom stereocenters. The van der Waals surface area contributed by atoms with E-state index in [2.05, 4.69) is 5.16 Å². The summed E-state index contributed by atoms with van der Waals surface area (Å²) in [6, 6.07) is 5.97. The van der Waals surface area contributed by atoms with Gasteiger partial charge in [0, 0.05) is 32.7 Å². The van der Waals surface area contributed by atoms with E-state index < -0.39 is 15.6 Å². The number of aromatic nitrogens is 1. The van der Waals surface area contributed by atoms with Crippen molar-refractivity contribution in [3.63, 3.8) is 0 Å². The Labute approximate surface area is 174 Å². The number of hydrogen-bond acceptors (Lipinski definition) is 6. The Morgan fingerprint density at radius 3 is 2.57 bits per heavy atom. The topological polar surface area (TPSA) is 93.0 Å². The summed E-state index contributed by atoms with van der Waals surface area (Å²) >= 11 is 0. The molecule has 0 bridgehead atoms. The third-order valence-corrected chi connectivity index (χ3v) is 7.91. The summed E-state index contributed by atoms with van der Waals surface area (Å²) in [7, 11) is -3.90. The molecule has 2 aliphatic rings. The zero-order valence-corrected chi connectivity index (χ0v) is 17.7. The fraction of sp³-hybridized carbons (Fsp3) is 0.500. The number of sulfonamides is 1. The van der Waals surface area contributed by atoms with Crippen LogP contribution in [0.1, 0.15) is 29.9 Å². The lowest BCUT2D eigenvalue weighted by atomic mass is 9.95. The highest BCUT2D eigenvalue weighted by molar-refractivity contribution is 7.89. The SMILES string of the molecule is Cc1noc(C)c1S(=O)(=O)N1CCC(=O)N(Cc2ccc(F)cc2)C2(CCOC2)C1. The third kappa shape index (κ3) is 3.63. The van der Waals surface area contributed by atoms with Crippen molar-refractivity contribution in [3.8, 4) is 0 Å². The smallest absolute Gasteiger partial charge is 0.248 e. The van der Waals surface area contributed by atoms with Crippen molar-refractivity contribution in [1.82, 2.24) is 14.4 Å². The molecule has 162 valence electrons. The molecule has 2 fully saturated rings. The number of carbonyl (C=O) groups is 1. The predicted molar refractivity (Wildman–Crippen MR) is 104 cm³/mol. The molecule has 0 saturated carbocycles. The molecule has 1 atom stereocenters. The van der Waals surface area contributed by atoms with Crippen molar-refractivity contribution in [2.75, 3.05) is 26.3 Å². The van der Waals surface area contributed by atoms with Crippen LogP contribution in [0.3, 0.4) is 0 Å². The maximum atomic E-state index is 13.4. The highest BCUT2D eigenvalue weighted by Gasteiger charge is 2.49. The highest BCUT2D eigenvalue weighted by Crippen LogP contribution is 2.35. The van der Waals surface area contributed by atoms with Crippen LogP contribution in [0.15, 0.2) is 33.7 Å². The number of rotatable bonds is 4. The van der Waals surface area contributed by atoms with Gasteiger partial charge in [-0.15, -0.1) is 0 Å². The first-order valence-electron chi connectivity index (χ1n) is 9.79. The average Bonchev–Trinajstić information content (AvgIpc) is 3.27. The van der Waals surface area contributed by atoms with E-state index >= 15 is 0 Å². The summed E-state index contributed by atoms with van der Waals surface area (Å²) in [6.45, 7) is 4.27. The Bertz CT molecular complexity index is 1030. The van der Waals surface area contributed by atoms with Gasteiger partial charge in [0.05, 0.1) is 12.1 Å². The second-order valence-electron chi connectivity index (χ2n) is 7.88. The number of benzene rings is 1. The van der Waals surface area contributed by atoms with Gasteiger partial charge < -0.3 is 14.2 Å². The van der Waals surface area contributed by atoms with Crippen LogP contribution in [0.5, 0.6) is 0 Å². The van der Waals surface area contributed by atoms with Crippen molar-refractivity contribution in [1.29, 1.82) is 0 Å². The van der Waals surface area contributed by atoms with E-state index in [-0.39, 0.29) is 55.0 Å². The zero-order chi connectivity index (χ0) is 21.5. The van der Waals surface area contributed by atoms with E-state index in [1.807, 2.05) is 0 Å². The number of halogens is 1. The van der Waals surface area contributed by atoms with Crippen molar-refractivity contribution >= 4 is 15.9 Å². The van der Waals surface area contributed by atoms with Crippen LogP contribution in [-0.2, 0) is 26.1 Å². The molecule has 30 heavy (non-hydrogen) atoms. The minimum Gasteiger partial charge on any atom is -0.379 e. The summed E-state index contributed by atoms with van der Waals surface area (Å²) in [4.78, 5) is 14.8. The summed E-state index contributed by atoms with van der Waals surface area (Å²) in [6.07, 6.45) is 0.569. The highest BCUT2D eigenvalue weighted by atomic mass is 32.2. The minimum atomic E-state index is -3.90. The summed E-state index contributed by atoms with van der Waals surface area (Å²) < 4.78 is 52.1. The Kier molecular flexibility index (Phi) is 5.41. The molecule has 0 aliphatic carbocycles. The molecule has 1 aromatic carbocycles. The number of ether oxygens (including phenoxy) is 1. The van der Waals surface area contributed by atoms with Gasteiger partial charge in [0.15, 0.2) is 5.76 Å². The molecular weight excluding hydrogens is 413 g/mol. The third-order valence-electron chi connectivity index (χ3n) is 5.82. The van der Waals surface area contributed by atoms with Crippen LogP contribution in [0.4, 0.5) is 4.39 Å². The largest absolute Gasteiger partial charge is 0.379 e. The first kappa shape index (κ1) is 21.0. The lowest BCUT2D eigenvalue weighted by molar-refractivity contribution is -0.137. The van der Waals surface area contributed by atoms with E-state index in [0.29, 0.717) is 18.7 Å². The Balaban J connectivity index is 1.69. The van der Waals surface area contributed by atoms with Crippen LogP contribution < -0.4 is 0 Å². The van der Waals surface area contributed by atoms with Gasteiger partial charge in [-0.2, -0.15) is 4.31 Å². The van der Waals surface area contributed by atoms with Crippen molar-refractivity contribution < 1.29 is 26.9 Å². The lowest BCUT2D eigenvalue weighted by Gasteiger charge is -2.40. The summed E-state index contributed by atoms with van der Waals surface area (Å²) in [5.74, 6) is -0.277. The fourth-order valence-corrected chi connectivity index (χ4v) is 6.06. The maximum Gasteiger partial charge on any atom is 0.248 e. The summed E-state index contributed by atoms with van der Waals surface area (Å²) in [5, 5.41) is 3.77. The average molecular weight is 437 g/mol. The quantitative estimate of drug-likeness (QED) is 0.727. The van der Waals surface area contributed by atoms with Crippen molar-refractivity contribution in [3.05, 3.63) is 47.1 Å². The van der Waals surface area contributed by atoms with E-state index in [1.54, 1.807) is 30.9 Å². The van der Waals surface area contributed by atoms with E-state index in [9.17, 15) is 17.6 Å². The van der Waals surface area contributed by atoms with E-state index in [4.69, 9.17) is 9.26 Å². The van der Waals surface area contributed by atoms with Gasteiger partial charge in [0.25, 0.3) is 0 Å². The van der Waals surface area contributed by atoms with Crippen molar-refractivity contribution in [2.45, 2.75) is 43.7 Å². The monoisotopic (exact) mass is 437 g/mol. The Hall–Kier alpha value is -2.30. The van der Waals surface area contributed by atoms with Gasteiger partial charge in [-0.3, -0.25) is 4.79 Å². The van der Waals surface area contributed by atoms with E-state index in [0.717, 1.165) is 5.56 Å². The van der Waals surface area contributed by atoms with Crippen molar-refractivity contribution in [2.24, 2.45) is 0 Å². The zero-order valence-electron chi connectivity index (χ0n) is 16.9. The normalized spacial score (nSPS) is 23.3. The Morgan fingerprint density at radius 2 is 1.97 bits per heavy atom. The maximum absolute atomic E-state index is 13.4. The lowest BCUT2D eigenvalue weighted by Crippen LogP contribution is -2.56. The van der Waals surface area contributed by atoms with Gasteiger partial charge in [-0.1, -0.05) is 17.3 Å². The first-order valence-corrected chi connectivity index (χ1v) is 11.2. The number of hydrogen-bond donors (Lipinski definition) is 0. The van der Waals surface area contributed by atoms with Gasteiger partial charge >= 0.3 is 0 Å². The molecule has 2 saturated heterocycles. The fourth-order valence-electron chi connectivity index (χ4n) is 4.25. The second-order valence-corrected chi connectivity index (χ2v) is 9.75. The molecule has 0 N–H and O–H groups in total. The standard InChI is InChI=1S/C20H24FN3O5S/c1-14-19(15(2)29-22-14)30(26,27)23-9-7-18(25)24(20(12-23)8-10-28-13-20)11-16-3-5-17(21)6-4-16/h3-6H,7-13H2,1-2H3. The van der Waals surface area contributed by atoms with Crippen LogP contribution in [0, 0.1) is 19.7 Å². The molecule has 2 aromatic rings. The second kappa shape index (κ2) is 7.75.